The highest BCUT2D eigenvalue weighted by Crippen LogP contribution is 2.23. The number of hydrogen-bond acceptors (Lipinski definition) is 4. The Hall–Kier alpha value is -1.62. The fourth-order valence-corrected chi connectivity index (χ4v) is 2.44. The van der Waals surface area contributed by atoms with Crippen molar-refractivity contribution in [3.63, 3.8) is 0 Å². The molecular weight excluding hydrogens is 251 g/mol. The van der Waals surface area contributed by atoms with Gasteiger partial charge in [0.15, 0.2) is 11.6 Å². The second-order valence-electron chi connectivity index (χ2n) is 3.95. The topological polar surface area (TPSA) is 34.1 Å². The first-order chi connectivity index (χ1) is 8.60. The fourth-order valence-electron chi connectivity index (χ4n) is 1.56. The van der Waals surface area contributed by atoms with E-state index in [1.54, 1.807) is 23.5 Å². The predicted molar refractivity (Wildman–Crippen MR) is 71.9 cm³/mol. The minimum absolute atomic E-state index is 0.242. The average molecular weight is 266 g/mol. The highest BCUT2D eigenvalue weighted by atomic mass is 32.1. The lowest BCUT2D eigenvalue weighted by atomic mass is 10.3. The number of thiazole rings is 1. The van der Waals surface area contributed by atoms with Crippen LogP contribution in [0.2, 0.25) is 0 Å². The molecule has 0 aliphatic rings. The van der Waals surface area contributed by atoms with Crippen molar-refractivity contribution in [1.29, 1.82) is 0 Å². The molecule has 3 nitrogen and oxygen atoms in total. The van der Waals surface area contributed by atoms with Gasteiger partial charge in [0, 0.05) is 16.6 Å². The standard InChI is InChI=1S/C13H15FN2OS/c1-8-9(2)18-13(16-8)7-15-10-4-5-11(14)12(6-10)17-3/h4-6,15H,7H2,1-3H3. The highest BCUT2D eigenvalue weighted by molar-refractivity contribution is 7.11. The Labute approximate surface area is 110 Å². The van der Waals surface area contributed by atoms with E-state index in [9.17, 15) is 4.39 Å². The molecule has 0 spiro atoms. The van der Waals surface area contributed by atoms with Gasteiger partial charge in [-0.3, -0.25) is 0 Å². The summed E-state index contributed by atoms with van der Waals surface area (Å²) in [6.07, 6.45) is 0. The number of benzene rings is 1. The zero-order valence-electron chi connectivity index (χ0n) is 10.6. The Morgan fingerprint density at radius 2 is 2.17 bits per heavy atom. The number of halogens is 1. The number of ether oxygens (including phenoxy) is 1. The number of nitrogens with zero attached hydrogens (tertiary/aromatic N) is 1. The number of aromatic nitrogens is 1. The summed E-state index contributed by atoms with van der Waals surface area (Å²) in [6.45, 7) is 4.68. The molecule has 0 aliphatic carbocycles. The van der Waals surface area contributed by atoms with Crippen molar-refractivity contribution in [3.05, 3.63) is 39.6 Å². The molecule has 0 unspecified atom stereocenters. The molecule has 0 bridgehead atoms. The van der Waals surface area contributed by atoms with E-state index < -0.39 is 0 Å². The van der Waals surface area contributed by atoms with Crippen molar-refractivity contribution < 1.29 is 9.13 Å². The molecule has 5 heteroatoms. The van der Waals surface area contributed by atoms with Crippen LogP contribution < -0.4 is 10.1 Å². The monoisotopic (exact) mass is 266 g/mol. The molecule has 2 aromatic rings. The summed E-state index contributed by atoms with van der Waals surface area (Å²) in [6, 6.07) is 4.72. The van der Waals surface area contributed by atoms with Crippen LogP contribution in [-0.2, 0) is 6.54 Å². The molecule has 0 atom stereocenters. The number of hydrogen-bond donors (Lipinski definition) is 1. The van der Waals surface area contributed by atoms with E-state index in [1.807, 2.05) is 6.92 Å². The molecule has 1 heterocycles. The summed E-state index contributed by atoms with van der Waals surface area (Å²) in [5, 5.41) is 4.23. The van der Waals surface area contributed by atoms with Crippen molar-refractivity contribution in [2.75, 3.05) is 12.4 Å². The first-order valence-corrected chi connectivity index (χ1v) is 6.42. The molecule has 0 radical (unpaired) electrons. The van der Waals surface area contributed by atoms with Gasteiger partial charge in [-0.1, -0.05) is 0 Å². The summed E-state index contributed by atoms with van der Waals surface area (Å²) < 4.78 is 18.2. The average Bonchev–Trinajstić information content (AvgIpc) is 2.68. The fraction of sp³-hybridized carbons (Fsp3) is 0.308. The van der Waals surface area contributed by atoms with Gasteiger partial charge in [0.05, 0.1) is 19.3 Å². The zero-order valence-corrected chi connectivity index (χ0v) is 11.4. The molecular formula is C13H15FN2OS. The Balaban J connectivity index is 2.06. The highest BCUT2D eigenvalue weighted by Gasteiger charge is 2.05. The first kappa shape index (κ1) is 12.8. The van der Waals surface area contributed by atoms with E-state index in [4.69, 9.17) is 4.74 Å². The van der Waals surface area contributed by atoms with E-state index in [2.05, 4.69) is 17.2 Å². The van der Waals surface area contributed by atoms with Gasteiger partial charge in [-0.2, -0.15) is 0 Å². The molecule has 0 aliphatic heterocycles. The third kappa shape index (κ3) is 2.79. The van der Waals surface area contributed by atoms with Crippen molar-refractivity contribution in [2.45, 2.75) is 20.4 Å². The van der Waals surface area contributed by atoms with Gasteiger partial charge in [0.25, 0.3) is 0 Å². The molecule has 0 saturated heterocycles. The molecule has 1 N–H and O–H groups in total. The minimum Gasteiger partial charge on any atom is -0.494 e. The lowest BCUT2D eigenvalue weighted by Crippen LogP contribution is -2.00. The van der Waals surface area contributed by atoms with E-state index in [0.29, 0.717) is 6.54 Å². The number of rotatable bonds is 4. The number of aryl methyl sites for hydroxylation is 2. The molecule has 1 aromatic carbocycles. The van der Waals surface area contributed by atoms with Gasteiger partial charge in [-0.15, -0.1) is 11.3 Å². The van der Waals surface area contributed by atoms with Gasteiger partial charge in [0.2, 0.25) is 0 Å². The SMILES string of the molecule is COc1cc(NCc2nc(C)c(C)s2)ccc1F. The summed E-state index contributed by atoms with van der Waals surface area (Å²) in [4.78, 5) is 5.66. The number of nitrogens with one attached hydrogen (secondary N) is 1. The van der Waals surface area contributed by atoms with Gasteiger partial charge in [0.1, 0.15) is 5.01 Å². The van der Waals surface area contributed by atoms with Crippen LogP contribution in [0.3, 0.4) is 0 Å². The van der Waals surface area contributed by atoms with Gasteiger partial charge in [-0.05, 0) is 26.0 Å². The zero-order chi connectivity index (χ0) is 13.1. The van der Waals surface area contributed by atoms with Crippen molar-refractivity contribution in [3.8, 4) is 5.75 Å². The molecule has 0 fully saturated rings. The van der Waals surface area contributed by atoms with E-state index in [0.717, 1.165) is 16.4 Å². The molecule has 0 saturated carbocycles. The van der Waals surface area contributed by atoms with E-state index in [1.165, 1.54) is 18.1 Å². The van der Waals surface area contributed by atoms with E-state index >= 15 is 0 Å². The lowest BCUT2D eigenvalue weighted by Gasteiger charge is -2.07. The summed E-state index contributed by atoms with van der Waals surface area (Å²) >= 11 is 1.67. The number of methoxy groups -OCH3 is 1. The van der Waals surface area contributed by atoms with Gasteiger partial charge >= 0.3 is 0 Å². The van der Waals surface area contributed by atoms with Crippen LogP contribution >= 0.6 is 11.3 Å². The van der Waals surface area contributed by atoms with Crippen LogP contribution in [-0.4, -0.2) is 12.1 Å². The molecule has 1 aromatic heterocycles. The second-order valence-corrected chi connectivity index (χ2v) is 5.24. The Morgan fingerprint density at radius 1 is 1.39 bits per heavy atom. The Kier molecular flexibility index (Phi) is 3.81. The minimum atomic E-state index is -0.357. The summed E-state index contributed by atoms with van der Waals surface area (Å²) in [7, 11) is 1.45. The molecule has 18 heavy (non-hydrogen) atoms. The Bertz CT molecular complexity index is 534. The molecule has 2 rings (SSSR count). The van der Waals surface area contributed by atoms with Gasteiger partial charge < -0.3 is 10.1 Å². The van der Waals surface area contributed by atoms with Crippen LogP contribution in [0.15, 0.2) is 18.2 Å². The van der Waals surface area contributed by atoms with Crippen LogP contribution in [0.5, 0.6) is 5.75 Å². The van der Waals surface area contributed by atoms with Crippen LogP contribution in [0.1, 0.15) is 15.6 Å². The third-order valence-corrected chi connectivity index (χ3v) is 3.74. The van der Waals surface area contributed by atoms with Crippen molar-refractivity contribution >= 4 is 17.0 Å². The van der Waals surface area contributed by atoms with Crippen LogP contribution in [0.4, 0.5) is 10.1 Å². The smallest absolute Gasteiger partial charge is 0.165 e. The lowest BCUT2D eigenvalue weighted by molar-refractivity contribution is 0.387. The van der Waals surface area contributed by atoms with Crippen molar-refractivity contribution in [2.24, 2.45) is 0 Å². The second kappa shape index (κ2) is 5.35. The Morgan fingerprint density at radius 3 is 2.78 bits per heavy atom. The van der Waals surface area contributed by atoms with Gasteiger partial charge in [-0.25, -0.2) is 9.37 Å². The largest absolute Gasteiger partial charge is 0.494 e. The maximum absolute atomic E-state index is 13.2. The first-order valence-electron chi connectivity index (χ1n) is 5.60. The quantitative estimate of drug-likeness (QED) is 0.919. The van der Waals surface area contributed by atoms with Crippen molar-refractivity contribution in [1.82, 2.24) is 4.98 Å². The molecule has 96 valence electrons. The molecule has 0 amide bonds. The van der Waals surface area contributed by atoms with Crippen LogP contribution in [0.25, 0.3) is 0 Å². The maximum atomic E-state index is 13.2. The predicted octanol–water partition coefficient (Wildman–Crippen LogP) is 3.52. The summed E-state index contributed by atoms with van der Waals surface area (Å²) in [5.41, 5.74) is 1.88. The number of anilines is 1. The third-order valence-electron chi connectivity index (χ3n) is 2.67. The normalized spacial score (nSPS) is 10.4. The van der Waals surface area contributed by atoms with E-state index in [-0.39, 0.29) is 11.6 Å². The summed E-state index contributed by atoms with van der Waals surface area (Å²) in [5.74, 6) is -0.115. The maximum Gasteiger partial charge on any atom is 0.165 e. The van der Waals surface area contributed by atoms with Crippen LogP contribution in [0, 0.1) is 19.7 Å².